The second-order valence-electron chi connectivity index (χ2n) is 4.67. The van der Waals surface area contributed by atoms with Crippen LogP contribution in [0.2, 0.25) is 0 Å². The highest BCUT2D eigenvalue weighted by molar-refractivity contribution is 5.96. The van der Waals surface area contributed by atoms with Crippen LogP contribution in [0.4, 0.5) is 11.4 Å². The van der Waals surface area contributed by atoms with E-state index in [1.165, 1.54) is 0 Å². The number of hydrogen-bond donors (Lipinski definition) is 2. The van der Waals surface area contributed by atoms with Crippen LogP contribution < -0.4 is 11.1 Å². The van der Waals surface area contributed by atoms with E-state index in [1.54, 1.807) is 31.5 Å². The first-order valence-electron chi connectivity index (χ1n) is 6.85. The number of benzene rings is 1. The number of anilines is 2. The van der Waals surface area contributed by atoms with E-state index in [4.69, 9.17) is 10.5 Å². The molecule has 21 heavy (non-hydrogen) atoms. The van der Waals surface area contributed by atoms with Crippen molar-refractivity contribution in [1.29, 1.82) is 0 Å². The summed E-state index contributed by atoms with van der Waals surface area (Å²) in [4.78, 5) is 15.8. The van der Waals surface area contributed by atoms with Gasteiger partial charge in [0.05, 0.1) is 12.2 Å². The number of pyridine rings is 1. The van der Waals surface area contributed by atoms with Gasteiger partial charge in [-0.2, -0.15) is 0 Å². The van der Waals surface area contributed by atoms with Gasteiger partial charge in [-0.3, -0.25) is 4.98 Å². The van der Waals surface area contributed by atoms with Crippen molar-refractivity contribution in [2.75, 3.05) is 17.7 Å². The molecule has 2 aromatic rings. The molecule has 0 radical (unpaired) electrons. The summed E-state index contributed by atoms with van der Waals surface area (Å²) in [6, 6.07) is 9.24. The third-order valence-corrected chi connectivity index (χ3v) is 3.14. The topological polar surface area (TPSA) is 77.2 Å². The number of nitrogens with two attached hydrogens (primary N) is 1. The molecule has 0 amide bonds. The molecule has 1 aromatic carbocycles. The normalized spacial score (nSPS) is 11.7. The summed E-state index contributed by atoms with van der Waals surface area (Å²) in [5.74, 6) is -0.407. The fourth-order valence-corrected chi connectivity index (χ4v) is 2.02. The molecule has 1 atom stereocenters. The highest BCUT2D eigenvalue weighted by Crippen LogP contribution is 2.23. The van der Waals surface area contributed by atoms with Crippen molar-refractivity contribution in [2.45, 2.75) is 19.9 Å². The maximum absolute atomic E-state index is 11.8. The lowest BCUT2D eigenvalue weighted by Crippen LogP contribution is -2.11. The Labute approximate surface area is 124 Å². The first-order valence-corrected chi connectivity index (χ1v) is 6.85. The van der Waals surface area contributed by atoms with Crippen LogP contribution in [0.3, 0.4) is 0 Å². The van der Waals surface area contributed by atoms with E-state index >= 15 is 0 Å². The van der Waals surface area contributed by atoms with Gasteiger partial charge in [0.2, 0.25) is 0 Å². The minimum absolute atomic E-state index is 0.0895. The van der Waals surface area contributed by atoms with Gasteiger partial charge in [0.15, 0.2) is 0 Å². The van der Waals surface area contributed by atoms with Gasteiger partial charge in [0, 0.05) is 29.8 Å². The molecule has 0 aliphatic carbocycles. The summed E-state index contributed by atoms with van der Waals surface area (Å²) >= 11 is 0. The van der Waals surface area contributed by atoms with Crippen molar-refractivity contribution in [3.8, 4) is 0 Å². The van der Waals surface area contributed by atoms with Gasteiger partial charge in [-0.1, -0.05) is 0 Å². The van der Waals surface area contributed by atoms with E-state index in [-0.39, 0.29) is 6.04 Å². The van der Waals surface area contributed by atoms with Gasteiger partial charge in [-0.15, -0.1) is 0 Å². The average Bonchev–Trinajstić information content (AvgIpc) is 2.50. The van der Waals surface area contributed by atoms with Crippen molar-refractivity contribution >= 4 is 17.3 Å². The molecule has 0 fully saturated rings. The van der Waals surface area contributed by atoms with E-state index in [0.717, 1.165) is 11.3 Å². The molecule has 2 rings (SSSR count). The Bertz CT molecular complexity index is 614. The number of hydrogen-bond acceptors (Lipinski definition) is 5. The van der Waals surface area contributed by atoms with Crippen LogP contribution >= 0.6 is 0 Å². The lowest BCUT2D eigenvalue weighted by Gasteiger charge is -2.16. The third-order valence-electron chi connectivity index (χ3n) is 3.14. The van der Waals surface area contributed by atoms with Crippen molar-refractivity contribution in [1.82, 2.24) is 4.98 Å². The summed E-state index contributed by atoms with van der Waals surface area (Å²) in [6.45, 7) is 4.13. The molecule has 1 heterocycles. The monoisotopic (exact) mass is 285 g/mol. The molecule has 1 unspecified atom stereocenters. The number of nitrogens with one attached hydrogen (secondary N) is 1. The third kappa shape index (κ3) is 3.72. The first-order chi connectivity index (χ1) is 10.1. The lowest BCUT2D eigenvalue weighted by molar-refractivity contribution is 0.0527. The SMILES string of the molecule is CCOC(=O)c1cc(NC(C)c2ccncc2)ccc1N. The molecule has 0 aliphatic rings. The quantitative estimate of drug-likeness (QED) is 0.652. The maximum atomic E-state index is 11.8. The zero-order valence-corrected chi connectivity index (χ0v) is 12.2. The number of nitrogens with zero attached hydrogens (tertiary/aromatic N) is 1. The highest BCUT2D eigenvalue weighted by atomic mass is 16.5. The van der Waals surface area contributed by atoms with Crippen molar-refractivity contribution in [3.05, 3.63) is 53.9 Å². The van der Waals surface area contributed by atoms with Crippen LogP contribution in [0.5, 0.6) is 0 Å². The molecule has 5 nitrogen and oxygen atoms in total. The number of rotatable bonds is 5. The Morgan fingerprint density at radius 2 is 2.05 bits per heavy atom. The van der Waals surface area contributed by atoms with Crippen LogP contribution in [-0.4, -0.2) is 17.6 Å². The molecule has 0 bridgehead atoms. The van der Waals surface area contributed by atoms with Crippen LogP contribution in [0, 0.1) is 0 Å². The van der Waals surface area contributed by atoms with Gasteiger partial charge in [0.1, 0.15) is 0 Å². The van der Waals surface area contributed by atoms with Crippen LogP contribution in [0.15, 0.2) is 42.7 Å². The summed E-state index contributed by atoms with van der Waals surface area (Å²) in [6.07, 6.45) is 3.50. The Morgan fingerprint density at radius 1 is 1.33 bits per heavy atom. The fourth-order valence-electron chi connectivity index (χ4n) is 2.02. The molecule has 0 saturated heterocycles. The number of carbonyl (C=O) groups is 1. The molecule has 0 aliphatic heterocycles. The standard InChI is InChI=1S/C16H19N3O2/c1-3-21-16(20)14-10-13(4-5-15(14)17)19-11(2)12-6-8-18-9-7-12/h4-11,19H,3,17H2,1-2H3. The van der Waals surface area contributed by atoms with E-state index in [9.17, 15) is 4.79 Å². The van der Waals surface area contributed by atoms with Crippen molar-refractivity contribution in [2.24, 2.45) is 0 Å². The lowest BCUT2D eigenvalue weighted by atomic mass is 10.1. The molecule has 0 spiro atoms. The largest absolute Gasteiger partial charge is 0.462 e. The molecule has 3 N–H and O–H groups in total. The predicted molar refractivity (Wildman–Crippen MR) is 83.1 cm³/mol. The maximum Gasteiger partial charge on any atom is 0.340 e. The van der Waals surface area contributed by atoms with Gasteiger partial charge in [-0.05, 0) is 49.7 Å². The zero-order chi connectivity index (χ0) is 15.2. The van der Waals surface area contributed by atoms with E-state index in [1.807, 2.05) is 25.1 Å². The summed E-state index contributed by atoms with van der Waals surface area (Å²) in [5, 5.41) is 3.33. The second kappa shape index (κ2) is 6.74. The predicted octanol–water partition coefficient (Wildman–Crippen LogP) is 3.01. The van der Waals surface area contributed by atoms with Gasteiger partial charge in [-0.25, -0.2) is 4.79 Å². The summed E-state index contributed by atoms with van der Waals surface area (Å²) in [7, 11) is 0. The van der Waals surface area contributed by atoms with Crippen LogP contribution in [0.1, 0.15) is 35.8 Å². The number of carbonyl (C=O) groups excluding carboxylic acids is 1. The highest BCUT2D eigenvalue weighted by Gasteiger charge is 2.12. The van der Waals surface area contributed by atoms with Gasteiger partial charge < -0.3 is 15.8 Å². The summed E-state index contributed by atoms with van der Waals surface area (Å²) < 4.78 is 5.00. The molecule has 5 heteroatoms. The number of aromatic nitrogens is 1. The van der Waals surface area contributed by atoms with E-state index in [0.29, 0.717) is 17.9 Å². The van der Waals surface area contributed by atoms with Gasteiger partial charge in [0.25, 0.3) is 0 Å². The van der Waals surface area contributed by atoms with Crippen molar-refractivity contribution in [3.63, 3.8) is 0 Å². The Balaban J connectivity index is 2.17. The average molecular weight is 285 g/mol. The van der Waals surface area contributed by atoms with Gasteiger partial charge >= 0.3 is 5.97 Å². The minimum atomic E-state index is -0.407. The Morgan fingerprint density at radius 3 is 2.71 bits per heavy atom. The smallest absolute Gasteiger partial charge is 0.340 e. The molecular formula is C16H19N3O2. The summed E-state index contributed by atoms with van der Waals surface area (Å²) in [5.41, 5.74) is 8.54. The molecular weight excluding hydrogens is 266 g/mol. The molecule has 0 saturated carbocycles. The number of esters is 1. The second-order valence-corrected chi connectivity index (χ2v) is 4.67. The van der Waals surface area contributed by atoms with Crippen LogP contribution in [-0.2, 0) is 4.74 Å². The van der Waals surface area contributed by atoms with E-state index in [2.05, 4.69) is 10.3 Å². The Hall–Kier alpha value is -2.56. The Kier molecular flexibility index (Phi) is 4.77. The number of ether oxygens (including phenoxy) is 1. The molecule has 1 aromatic heterocycles. The minimum Gasteiger partial charge on any atom is -0.462 e. The zero-order valence-electron chi connectivity index (χ0n) is 12.2. The van der Waals surface area contributed by atoms with Crippen LogP contribution in [0.25, 0.3) is 0 Å². The van der Waals surface area contributed by atoms with E-state index < -0.39 is 5.97 Å². The molecule has 110 valence electrons. The fraction of sp³-hybridized carbons (Fsp3) is 0.250. The first kappa shape index (κ1) is 14.8. The number of nitrogen functional groups attached to an aromatic ring is 1. The van der Waals surface area contributed by atoms with Crippen molar-refractivity contribution < 1.29 is 9.53 Å².